The van der Waals surface area contributed by atoms with Crippen molar-refractivity contribution in [3.05, 3.63) is 17.7 Å². The van der Waals surface area contributed by atoms with Gasteiger partial charge < -0.3 is 29.3 Å². The Morgan fingerprint density at radius 3 is 2.25 bits per heavy atom. The molecule has 1 unspecified atom stereocenters. The first-order chi connectivity index (χ1) is 15.6. The molecule has 32 heavy (non-hydrogen) atoms. The van der Waals surface area contributed by atoms with Gasteiger partial charge in [0.1, 0.15) is 0 Å². The highest BCUT2D eigenvalue weighted by atomic mass is 16.5. The van der Waals surface area contributed by atoms with Crippen LogP contribution in [0.5, 0.6) is 17.2 Å². The minimum absolute atomic E-state index is 0.638. The maximum atomic E-state index is 5.50. The molecule has 0 saturated carbocycles. The maximum absolute atomic E-state index is 5.50. The van der Waals surface area contributed by atoms with Crippen LogP contribution in [0.15, 0.2) is 17.1 Å². The van der Waals surface area contributed by atoms with Crippen LogP contribution in [-0.4, -0.2) is 101 Å². The van der Waals surface area contributed by atoms with Crippen molar-refractivity contribution < 1.29 is 14.2 Å². The minimum atomic E-state index is 0.638. The predicted molar refractivity (Wildman–Crippen MR) is 129 cm³/mol. The standard InChI is InChI=1S/C24H41N5O3/c1-6-8-27-9-7-19(17-27)16-26-24(25-2)29-12-10-28(11-13-29)18-20-14-21(30-3)23(32-5)22(15-20)31-4/h14-15,19H,6-13,16-18H2,1-5H3,(H,25,26). The van der Waals surface area contributed by atoms with Gasteiger partial charge in [-0.25, -0.2) is 0 Å². The van der Waals surface area contributed by atoms with Crippen molar-refractivity contribution in [2.45, 2.75) is 26.3 Å². The van der Waals surface area contributed by atoms with Crippen molar-refractivity contribution in [3.63, 3.8) is 0 Å². The van der Waals surface area contributed by atoms with E-state index in [0.717, 1.165) is 56.7 Å². The molecule has 180 valence electrons. The molecule has 0 bridgehead atoms. The predicted octanol–water partition coefficient (Wildman–Crippen LogP) is 2.14. The molecule has 0 radical (unpaired) electrons. The quantitative estimate of drug-likeness (QED) is 0.460. The minimum Gasteiger partial charge on any atom is -0.493 e. The van der Waals surface area contributed by atoms with Gasteiger partial charge in [-0.1, -0.05) is 6.92 Å². The molecule has 2 saturated heterocycles. The molecule has 8 heteroatoms. The monoisotopic (exact) mass is 447 g/mol. The summed E-state index contributed by atoms with van der Waals surface area (Å²) in [6.07, 6.45) is 2.52. The molecular weight excluding hydrogens is 406 g/mol. The van der Waals surface area contributed by atoms with Crippen molar-refractivity contribution in [1.29, 1.82) is 0 Å². The summed E-state index contributed by atoms with van der Waals surface area (Å²) < 4.78 is 16.4. The topological polar surface area (TPSA) is 61.8 Å². The number of benzene rings is 1. The van der Waals surface area contributed by atoms with E-state index in [9.17, 15) is 0 Å². The first kappa shape index (κ1) is 24.5. The first-order valence-electron chi connectivity index (χ1n) is 11.8. The summed E-state index contributed by atoms with van der Waals surface area (Å²) in [4.78, 5) is 12.0. The first-order valence-corrected chi connectivity index (χ1v) is 11.8. The summed E-state index contributed by atoms with van der Waals surface area (Å²) in [6, 6.07) is 4.08. The molecule has 0 spiro atoms. The van der Waals surface area contributed by atoms with E-state index >= 15 is 0 Å². The number of piperazine rings is 1. The molecule has 2 aliphatic heterocycles. The van der Waals surface area contributed by atoms with Crippen molar-refractivity contribution >= 4 is 5.96 Å². The fourth-order valence-electron chi connectivity index (χ4n) is 4.77. The molecule has 0 aromatic heterocycles. The molecule has 2 aliphatic rings. The highest BCUT2D eigenvalue weighted by Crippen LogP contribution is 2.38. The normalized spacial score (nSPS) is 20.5. The summed E-state index contributed by atoms with van der Waals surface area (Å²) in [7, 11) is 6.84. The molecule has 1 N–H and O–H groups in total. The zero-order valence-corrected chi connectivity index (χ0v) is 20.5. The Morgan fingerprint density at radius 1 is 1.00 bits per heavy atom. The second-order valence-corrected chi connectivity index (χ2v) is 8.68. The molecule has 3 rings (SSSR count). The Kier molecular flexibility index (Phi) is 9.29. The van der Waals surface area contributed by atoms with E-state index in [4.69, 9.17) is 14.2 Å². The van der Waals surface area contributed by atoms with Gasteiger partial charge in [0, 0.05) is 52.9 Å². The van der Waals surface area contributed by atoms with Gasteiger partial charge in [-0.3, -0.25) is 9.89 Å². The lowest BCUT2D eigenvalue weighted by Crippen LogP contribution is -2.52. The Morgan fingerprint density at radius 2 is 1.69 bits per heavy atom. The number of ether oxygens (including phenoxy) is 3. The largest absolute Gasteiger partial charge is 0.493 e. The second-order valence-electron chi connectivity index (χ2n) is 8.68. The van der Waals surface area contributed by atoms with Gasteiger partial charge in [0.15, 0.2) is 17.5 Å². The van der Waals surface area contributed by atoms with E-state index in [1.54, 1.807) is 21.3 Å². The number of likely N-dealkylation sites (tertiary alicyclic amines) is 1. The van der Waals surface area contributed by atoms with E-state index in [1.807, 2.05) is 19.2 Å². The molecule has 1 atom stereocenters. The molecule has 0 aliphatic carbocycles. The number of nitrogens with zero attached hydrogens (tertiary/aromatic N) is 4. The van der Waals surface area contributed by atoms with Gasteiger partial charge >= 0.3 is 0 Å². The molecule has 1 aromatic rings. The fraction of sp³-hybridized carbons (Fsp3) is 0.708. The summed E-state index contributed by atoms with van der Waals surface area (Å²) in [5.74, 6) is 3.80. The van der Waals surface area contributed by atoms with E-state index in [2.05, 4.69) is 31.9 Å². The van der Waals surface area contributed by atoms with Crippen LogP contribution in [0.25, 0.3) is 0 Å². The highest BCUT2D eigenvalue weighted by molar-refractivity contribution is 5.80. The lowest BCUT2D eigenvalue weighted by Gasteiger charge is -2.36. The van der Waals surface area contributed by atoms with Crippen LogP contribution in [-0.2, 0) is 6.54 Å². The molecular formula is C24H41N5O3. The van der Waals surface area contributed by atoms with Crippen LogP contribution in [0.3, 0.4) is 0 Å². The SMILES string of the molecule is CCCN1CCC(CNC(=NC)N2CCN(Cc3cc(OC)c(OC)c(OC)c3)CC2)C1. The number of rotatable bonds is 9. The smallest absolute Gasteiger partial charge is 0.203 e. The van der Waals surface area contributed by atoms with E-state index in [1.165, 1.54) is 32.5 Å². The number of aliphatic imine (C=N–C) groups is 1. The van der Waals surface area contributed by atoms with Gasteiger partial charge in [0.2, 0.25) is 5.75 Å². The third-order valence-electron chi connectivity index (χ3n) is 6.47. The van der Waals surface area contributed by atoms with Crippen LogP contribution < -0.4 is 19.5 Å². The third kappa shape index (κ3) is 6.19. The number of hydrogen-bond donors (Lipinski definition) is 1. The number of guanidine groups is 1. The van der Waals surface area contributed by atoms with Crippen LogP contribution in [0.2, 0.25) is 0 Å². The van der Waals surface area contributed by atoms with E-state index < -0.39 is 0 Å². The Hall–Kier alpha value is -2.19. The van der Waals surface area contributed by atoms with Gasteiger partial charge in [0.25, 0.3) is 0 Å². The summed E-state index contributed by atoms with van der Waals surface area (Å²) in [5, 5.41) is 3.63. The van der Waals surface area contributed by atoms with Crippen LogP contribution in [0.1, 0.15) is 25.3 Å². The molecule has 2 fully saturated rings. The third-order valence-corrected chi connectivity index (χ3v) is 6.47. The van der Waals surface area contributed by atoms with Gasteiger partial charge in [-0.15, -0.1) is 0 Å². The summed E-state index contributed by atoms with van der Waals surface area (Å²) in [6.45, 7) is 11.7. The zero-order valence-electron chi connectivity index (χ0n) is 20.5. The van der Waals surface area contributed by atoms with Gasteiger partial charge in [-0.05, 0) is 49.5 Å². The van der Waals surface area contributed by atoms with Crippen LogP contribution >= 0.6 is 0 Å². The Labute approximate surface area is 193 Å². The molecule has 0 amide bonds. The Bertz CT molecular complexity index is 724. The average molecular weight is 448 g/mol. The number of methoxy groups -OCH3 is 3. The average Bonchev–Trinajstić information content (AvgIpc) is 3.27. The van der Waals surface area contributed by atoms with Gasteiger partial charge in [0.05, 0.1) is 21.3 Å². The zero-order chi connectivity index (χ0) is 22.9. The van der Waals surface area contributed by atoms with Crippen LogP contribution in [0.4, 0.5) is 0 Å². The van der Waals surface area contributed by atoms with E-state index in [0.29, 0.717) is 17.2 Å². The second kappa shape index (κ2) is 12.2. The van der Waals surface area contributed by atoms with E-state index in [-0.39, 0.29) is 0 Å². The van der Waals surface area contributed by atoms with Crippen molar-refractivity contribution in [1.82, 2.24) is 20.0 Å². The summed E-state index contributed by atoms with van der Waals surface area (Å²) in [5.41, 5.74) is 1.16. The van der Waals surface area contributed by atoms with Crippen molar-refractivity contribution in [2.24, 2.45) is 10.9 Å². The number of nitrogens with one attached hydrogen (secondary N) is 1. The lowest BCUT2D eigenvalue weighted by atomic mass is 10.1. The summed E-state index contributed by atoms with van der Waals surface area (Å²) >= 11 is 0. The van der Waals surface area contributed by atoms with Gasteiger partial charge in [-0.2, -0.15) is 0 Å². The lowest BCUT2D eigenvalue weighted by molar-refractivity contribution is 0.172. The fourth-order valence-corrected chi connectivity index (χ4v) is 4.77. The molecule has 8 nitrogen and oxygen atoms in total. The molecule has 2 heterocycles. The number of hydrogen-bond acceptors (Lipinski definition) is 6. The van der Waals surface area contributed by atoms with Crippen LogP contribution in [0, 0.1) is 5.92 Å². The van der Waals surface area contributed by atoms with Crippen molar-refractivity contribution in [2.75, 3.05) is 80.7 Å². The highest BCUT2D eigenvalue weighted by Gasteiger charge is 2.24. The maximum Gasteiger partial charge on any atom is 0.203 e. The Balaban J connectivity index is 1.49. The molecule has 1 aromatic carbocycles. The van der Waals surface area contributed by atoms with Crippen molar-refractivity contribution in [3.8, 4) is 17.2 Å².